The summed E-state index contributed by atoms with van der Waals surface area (Å²) in [4.78, 5) is 14.4. The zero-order chi connectivity index (χ0) is 10.0. The van der Waals surface area contributed by atoms with Crippen LogP contribution in [0, 0.1) is 17.0 Å². The molecule has 7 heteroatoms. The van der Waals surface area contributed by atoms with Gasteiger partial charge in [0.25, 0.3) is 0 Å². The van der Waals surface area contributed by atoms with Crippen molar-refractivity contribution in [2.45, 2.75) is 20.4 Å². The molecule has 0 saturated heterocycles. The van der Waals surface area contributed by atoms with E-state index in [0.29, 0.717) is 12.2 Å². The molecule has 0 radical (unpaired) electrons. The van der Waals surface area contributed by atoms with E-state index in [4.69, 9.17) is 5.90 Å². The Hall–Kier alpha value is -1.63. The van der Waals surface area contributed by atoms with Gasteiger partial charge in [-0.1, -0.05) is 0 Å². The van der Waals surface area contributed by atoms with Gasteiger partial charge in [0.2, 0.25) is 0 Å². The molecule has 0 amide bonds. The summed E-state index contributed by atoms with van der Waals surface area (Å²) in [7, 11) is 0. The van der Waals surface area contributed by atoms with Gasteiger partial charge in [0.1, 0.15) is 5.69 Å². The van der Waals surface area contributed by atoms with Crippen LogP contribution in [-0.4, -0.2) is 14.7 Å². The summed E-state index contributed by atoms with van der Waals surface area (Å²) in [5, 5.41) is 14.4. The lowest BCUT2D eigenvalue weighted by Gasteiger charge is -1.99. The summed E-state index contributed by atoms with van der Waals surface area (Å²) < 4.78 is 1.34. The maximum Gasteiger partial charge on any atom is 0.355 e. The van der Waals surface area contributed by atoms with E-state index < -0.39 is 4.92 Å². The molecule has 0 unspecified atom stereocenters. The van der Waals surface area contributed by atoms with Gasteiger partial charge in [-0.25, -0.2) is 4.68 Å². The second-order valence-corrected chi connectivity index (χ2v) is 2.43. The van der Waals surface area contributed by atoms with Crippen LogP contribution >= 0.6 is 0 Å². The Morgan fingerprint density at radius 2 is 2.38 bits per heavy atom. The highest BCUT2D eigenvalue weighted by Gasteiger charge is 2.25. The molecule has 0 atom stereocenters. The van der Waals surface area contributed by atoms with Crippen LogP contribution in [-0.2, 0) is 6.54 Å². The van der Waals surface area contributed by atoms with Crippen molar-refractivity contribution in [2.24, 2.45) is 5.90 Å². The standard InChI is InChI=1S/C6H10N4O3/c1-3-9-6(13-7)5(10(11)12)4(2)8-9/h3,7H2,1-2H3. The summed E-state index contributed by atoms with van der Waals surface area (Å²) in [5.74, 6) is 4.90. The first-order chi connectivity index (χ1) is 6.11. The van der Waals surface area contributed by atoms with Crippen LogP contribution < -0.4 is 10.7 Å². The Labute approximate surface area is 74.2 Å². The number of hydrogen-bond donors (Lipinski definition) is 1. The molecule has 0 aliphatic carbocycles. The Balaban J connectivity index is 3.31. The van der Waals surface area contributed by atoms with Gasteiger partial charge in [-0.3, -0.25) is 10.1 Å². The van der Waals surface area contributed by atoms with Crippen LogP contribution in [0.2, 0.25) is 0 Å². The minimum Gasteiger partial charge on any atom is -0.384 e. The van der Waals surface area contributed by atoms with Crippen molar-refractivity contribution in [1.29, 1.82) is 0 Å². The van der Waals surface area contributed by atoms with E-state index in [0.717, 1.165) is 0 Å². The fraction of sp³-hybridized carbons (Fsp3) is 0.500. The average Bonchev–Trinajstić information content (AvgIpc) is 2.41. The zero-order valence-electron chi connectivity index (χ0n) is 7.35. The van der Waals surface area contributed by atoms with E-state index >= 15 is 0 Å². The van der Waals surface area contributed by atoms with E-state index in [1.807, 2.05) is 0 Å². The molecule has 1 aromatic rings. The lowest BCUT2D eigenvalue weighted by Crippen LogP contribution is -2.09. The van der Waals surface area contributed by atoms with Crippen LogP contribution in [0.1, 0.15) is 12.6 Å². The number of nitro groups is 1. The lowest BCUT2D eigenvalue weighted by molar-refractivity contribution is -0.386. The Bertz CT molecular complexity index is 333. The molecule has 0 bridgehead atoms. The molecule has 0 aliphatic rings. The maximum atomic E-state index is 10.5. The molecule has 0 spiro atoms. The molecule has 0 aromatic carbocycles. The Morgan fingerprint density at radius 3 is 2.77 bits per heavy atom. The smallest absolute Gasteiger partial charge is 0.355 e. The number of rotatable bonds is 3. The molecular formula is C6H10N4O3. The van der Waals surface area contributed by atoms with Crippen molar-refractivity contribution in [3.05, 3.63) is 15.8 Å². The highest BCUT2D eigenvalue weighted by Crippen LogP contribution is 2.29. The predicted molar refractivity (Wildman–Crippen MR) is 44.1 cm³/mol. The second kappa shape index (κ2) is 3.40. The molecule has 1 aromatic heterocycles. The first kappa shape index (κ1) is 9.46. The quantitative estimate of drug-likeness (QED) is 0.543. The normalized spacial score (nSPS) is 10.1. The molecular weight excluding hydrogens is 176 g/mol. The molecule has 1 rings (SSSR count). The predicted octanol–water partition coefficient (Wildman–Crippen LogP) is 0.372. The molecule has 0 aliphatic heterocycles. The van der Waals surface area contributed by atoms with Gasteiger partial charge in [-0.05, 0) is 13.8 Å². The van der Waals surface area contributed by atoms with Crippen molar-refractivity contribution in [3.8, 4) is 5.88 Å². The lowest BCUT2D eigenvalue weighted by atomic mass is 10.4. The summed E-state index contributed by atoms with van der Waals surface area (Å²) in [6, 6.07) is 0. The van der Waals surface area contributed by atoms with E-state index in [2.05, 4.69) is 9.94 Å². The highest BCUT2D eigenvalue weighted by molar-refractivity contribution is 5.45. The van der Waals surface area contributed by atoms with Gasteiger partial charge in [-0.2, -0.15) is 11.0 Å². The molecule has 13 heavy (non-hydrogen) atoms. The SMILES string of the molecule is CCn1nc(C)c([N+](=O)[O-])c1ON. The van der Waals surface area contributed by atoms with Gasteiger partial charge < -0.3 is 4.84 Å². The monoisotopic (exact) mass is 186 g/mol. The maximum absolute atomic E-state index is 10.5. The van der Waals surface area contributed by atoms with Gasteiger partial charge in [0.15, 0.2) is 0 Å². The van der Waals surface area contributed by atoms with E-state index in [-0.39, 0.29) is 11.6 Å². The number of aromatic nitrogens is 2. The van der Waals surface area contributed by atoms with Crippen molar-refractivity contribution in [2.75, 3.05) is 0 Å². The van der Waals surface area contributed by atoms with Gasteiger partial charge in [-0.15, -0.1) is 0 Å². The highest BCUT2D eigenvalue weighted by atomic mass is 16.6. The molecule has 2 N–H and O–H groups in total. The molecule has 0 fully saturated rings. The van der Waals surface area contributed by atoms with Crippen LogP contribution in [0.25, 0.3) is 0 Å². The average molecular weight is 186 g/mol. The van der Waals surface area contributed by atoms with Crippen molar-refractivity contribution < 1.29 is 9.76 Å². The van der Waals surface area contributed by atoms with Crippen LogP contribution in [0.15, 0.2) is 0 Å². The third kappa shape index (κ3) is 1.45. The Morgan fingerprint density at radius 1 is 1.77 bits per heavy atom. The first-order valence-corrected chi connectivity index (χ1v) is 3.70. The van der Waals surface area contributed by atoms with Crippen LogP contribution in [0.5, 0.6) is 5.88 Å². The second-order valence-electron chi connectivity index (χ2n) is 2.43. The first-order valence-electron chi connectivity index (χ1n) is 3.70. The van der Waals surface area contributed by atoms with Gasteiger partial charge in [0.05, 0.1) is 4.92 Å². The van der Waals surface area contributed by atoms with Crippen LogP contribution in [0.3, 0.4) is 0 Å². The van der Waals surface area contributed by atoms with Crippen LogP contribution in [0.4, 0.5) is 5.69 Å². The fourth-order valence-corrected chi connectivity index (χ4v) is 1.09. The van der Waals surface area contributed by atoms with Crippen molar-refractivity contribution >= 4 is 5.69 Å². The molecule has 1 heterocycles. The van der Waals surface area contributed by atoms with Crippen molar-refractivity contribution in [1.82, 2.24) is 9.78 Å². The number of hydrogen-bond acceptors (Lipinski definition) is 5. The minimum atomic E-state index is -0.559. The number of nitrogens with zero attached hydrogens (tertiary/aromatic N) is 3. The molecule has 7 nitrogen and oxygen atoms in total. The molecule has 0 saturated carbocycles. The third-order valence-electron chi connectivity index (χ3n) is 1.64. The summed E-state index contributed by atoms with van der Waals surface area (Å²) in [6.45, 7) is 3.80. The summed E-state index contributed by atoms with van der Waals surface area (Å²) >= 11 is 0. The Kier molecular flexibility index (Phi) is 2.47. The summed E-state index contributed by atoms with van der Waals surface area (Å²) in [6.07, 6.45) is 0. The number of nitrogens with two attached hydrogens (primary N) is 1. The van der Waals surface area contributed by atoms with Gasteiger partial charge >= 0.3 is 11.6 Å². The third-order valence-corrected chi connectivity index (χ3v) is 1.64. The summed E-state index contributed by atoms with van der Waals surface area (Å²) in [5.41, 5.74) is 0.122. The fourth-order valence-electron chi connectivity index (χ4n) is 1.09. The number of aryl methyl sites for hydroxylation is 2. The van der Waals surface area contributed by atoms with E-state index in [1.165, 1.54) is 11.6 Å². The zero-order valence-corrected chi connectivity index (χ0v) is 7.35. The van der Waals surface area contributed by atoms with E-state index in [1.54, 1.807) is 6.92 Å². The largest absolute Gasteiger partial charge is 0.384 e. The van der Waals surface area contributed by atoms with E-state index in [9.17, 15) is 10.1 Å². The van der Waals surface area contributed by atoms with Gasteiger partial charge in [0, 0.05) is 6.54 Å². The molecule has 72 valence electrons. The topological polar surface area (TPSA) is 96.2 Å². The van der Waals surface area contributed by atoms with Crippen molar-refractivity contribution in [3.63, 3.8) is 0 Å². The minimum absolute atomic E-state index is 0.00926.